The highest BCUT2D eigenvalue weighted by molar-refractivity contribution is 9.10. The molecule has 1 aliphatic heterocycles. The molecule has 0 bridgehead atoms. The summed E-state index contributed by atoms with van der Waals surface area (Å²) in [5.74, 6) is 0.738. The van der Waals surface area contributed by atoms with Gasteiger partial charge in [-0.1, -0.05) is 15.9 Å². The van der Waals surface area contributed by atoms with E-state index >= 15 is 0 Å². The summed E-state index contributed by atoms with van der Waals surface area (Å²) in [4.78, 5) is 20.9. The van der Waals surface area contributed by atoms with Crippen LogP contribution in [0.5, 0.6) is 5.75 Å². The lowest BCUT2D eigenvalue weighted by atomic mass is 10.2. The first-order valence-electron chi connectivity index (χ1n) is 7.49. The minimum absolute atomic E-state index is 0.0340. The molecule has 0 radical (unpaired) electrons. The molecule has 0 spiro atoms. The average Bonchev–Trinajstić information content (AvgIpc) is 3.11. The molecule has 1 unspecified atom stereocenters. The zero-order valence-electron chi connectivity index (χ0n) is 12.8. The lowest BCUT2D eigenvalue weighted by Gasteiger charge is -2.35. The van der Waals surface area contributed by atoms with E-state index in [-0.39, 0.29) is 5.91 Å². The molecule has 5 nitrogen and oxygen atoms in total. The highest BCUT2D eigenvalue weighted by Gasteiger charge is 2.26. The molecular weight excluding hydrogens is 378 g/mol. The predicted molar refractivity (Wildman–Crippen MR) is 95.1 cm³/mol. The number of benzene rings is 1. The second-order valence-electron chi connectivity index (χ2n) is 5.34. The molecule has 0 N–H and O–H groups in total. The summed E-state index contributed by atoms with van der Waals surface area (Å²) in [5, 5.41) is 3.00. The smallest absolute Gasteiger partial charge is 0.263 e. The van der Waals surface area contributed by atoms with Crippen LogP contribution >= 0.6 is 27.3 Å². The third-order valence-corrected chi connectivity index (χ3v) is 5.12. The number of halogens is 1. The van der Waals surface area contributed by atoms with Crippen molar-refractivity contribution in [2.75, 3.05) is 31.1 Å². The van der Waals surface area contributed by atoms with Crippen molar-refractivity contribution in [3.05, 3.63) is 40.3 Å². The minimum Gasteiger partial charge on any atom is -0.481 e. The molecular formula is C16H18BrN3O2S. The van der Waals surface area contributed by atoms with Crippen LogP contribution in [0.4, 0.5) is 5.13 Å². The summed E-state index contributed by atoms with van der Waals surface area (Å²) in [5.41, 5.74) is 0. The summed E-state index contributed by atoms with van der Waals surface area (Å²) in [6, 6.07) is 7.52. The van der Waals surface area contributed by atoms with Crippen LogP contribution in [0.25, 0.3) is 0 Å². The molecule has 3 rings (SSSR count). The second-order valence-corrected chi connectivity index (χ2v) is 7.13. The van der Waals surface area contributed by atoms with Gasteiger partial charge in [0, 0.05) is 42.2 Å². The van der Waals surface area contributed by atoms with Crippen molar-refractivity contribution < 1.29 is 9.53 Å². The van der Waals surface area contributed by atoms with E-state index in [2.05, 4.69) is 25.8 Å². The molecule has 7 heteroatoms. The van der Waals surface area contributed by atoms with Gasteiger partial charge in [-0.3, -0.25) is 4.79 Å². The van der Waals surface area contributed by atoms with Gasteiger partial charge in [0.05, 0.1) is 0 Å². The molecule has 1 saturated heterocycles. The normalized spacial score (nSPS) is 16.3. The topological polar surface area (TPSA) is 45.7 Å². The highest BCUT2D eigenvalue weighted by Crippen LogP contribution is 2.20. The number of aromatic nitrogens is 1. The number of carbonyl (C=O) groups excluding carboxylic acids is 1. The van der Waals surface area contributed by atoms with Crippen molar-refractivity contribution in [2.45, 2.75) is 13.0 Å². The Morgan fingerprint density at radius 1 is 1.26 bits per heavy atom. The van der Waals surface area contributed by atoms with Gasteiger partial charge in [0.15, 0.2) is 11.2 Å². The molecule has 122 valence electrons. The van der Waals surface area contributed by atoms with Gasteiger partial charge in [-0.25, -0.2) is 4.98 Å². The molecule has 0 saturated carbocycles. The number of carbonyl (C=O) groups is 1. The van der Waals surface area contributed by atoms with Gasteiger partial charge in [0.2, 0.25) is 0 Å². The number of piperazine rings is 1. The maximum absolute atomic E-state index is 12.5. The van der Waals surface area contributed by atoms with Gasteiger partial charge in [0.1, 0.15) is 5.75 Å². The molecule has 1 atom stereocenters. The third-order valence-electron chi connectivity index (χ3n) is 3.76. The van der Waals surface area contributed by atoms with Gasteiger partial charge in [-0.2, -0.15) is 0 Å². The lowest BCUT2D eigenvalue weighted by molar-refractivity contribution is -0.138. The molecule has 0 aliphatic carbocycles. The first-order valence-corrected chi connectivity index (χ1v) is 9.16. The van der Waals surface area contributed by atoms with Gasteiger partial charge in [-0.15, -0.1) is 11.3 Å². The SMILES string of the molecule is CC(Oc1ccc(Br)cc1)C(=O)N1CCN(c2nccs2)CC1. The number of thiazole rings is 1. The molecule has 1 aromatic carbocycles. The monoisotopic (exact) mass is 395 g/mol. The average molecular weight is 396 g/mol. The molecule has 1 amide bonds. The van der Waals surface area contributed by atoms with Crippen molar-refractivity contribution in [1.82, 2.24) is 9.88 Å². The Labute approximate surface area is 148 Å². The van der Waals surface area contributed by atoms with Gasteiger partial charge in [-0.05, 0) is 31.2 Å². The highest BCUT2D eigenvalue weighted by atomic mass is 79.9. The zero-order valence-corrected chi connectivity index (χ0v) is 15.2. The van der Waals surface area contributed by atoms with Crippen LogP contribution in [-0.2, 0) is 4.79 Å². The first kappa shape index (κ1) is 16.3. The number of ether oxygens (including phenoxy) is 1. The maximum Gasteiger partial charge on any atom is 0.263 e. The van der Waals surface area contributed by atoms with Crippen molar-refractivity contribution in [1.29, 1.82) is 0 Å². The van der Waals surface area contributed by atoms with Crippen molar-refractivity contribution in [3.8, 4) is 5.75 Å². The predicted octanol–water partition coefficient (Wildman–Crippen LogP) is 3.02. The van der Waals surface area contributed by atoms with Crippen LogP contribution in [0.3, 0.4) is 0 Å². The summed E-state index contributed by atoms with van der Waals surface area (Å²) in [6.07, 6.45) is 1.33. The number of hydrogen-bond acceptors (Lipinski definition) is 5. The van der Waals surface area contributed by atoms with Crippen LogP contribution in [0.2, 0.25) is 0 Å². The molecule has 23 heavy (non-hydrogen) atoms. The summed E-state index contributed by atoms with van der Waals surface area (Å²) >= 11 is 5.02. The van der Waals surface area contributed by atoms with Crippen LogP contribution in [0, 0.1) is 0 Å². The number of rotatable bonds is 4. The van der Waals surface area contributed by atoms with Crippen LogP contribution in [0.1, 0.15) is 6.92 Å². The Balaban J connectivity index is 1.53. The maximum atomic E-state index is 12.5. The van der Waals surface area contributed by atoms with Crippen molar-refractivity contribution in [3.63, 3.8) is 0 Å². The van der Waals surface area contributed by atoms with E-state index < -0.39 is 6.10 Å². The second kappa shape index (κ2) is 7.31. The van der Waals surface area contributed by atoms with Gasteiger partial charge >= 0.3 is 0 Å². The Hall–Kier alpha value is -1.60. The zero-order chi connectivity index (χ0) is 16.2. The lowest BCUT2D eigenvalue weighted by Crippen LogP contribution is -2.52. The van der Waals surface area contributed by atoms with Crippen LogP contribution in [0.15, 0.2) is 40.3 Å². The molecule has 1 aliphatic rings. The summed E-state index contributed by atoms with van der Waals surface area (Å²) < 4.78 is 6.74. The number of amides is 1. The fourth-order valence-corrected chi connectivity index (χ4v) is 3.48. The van der Waals surface area contributed by atoms with E-state index in [1.807, 2.05) is 40.7 Å². The molecule has 1 fully saturated rings. The summed E-state index contributed by atoms with van der Waals surface area (Å²) in [6.45, 7) is 4.82. The van der Waals surface area contributed by atoms with Crippen molar-refractivity contribution >= 4 is 38.3 Å². The fourth-order valence-electron chi connectivity index (χ4n) is 2.52. The Morgan fingerprint density at radius 3 is 2.57 bits per heavy atom. The first-order chi connectivity index (χ1) is 11.1. The van der Waals surface area contributed by atoms with E-state index in [9.17, 15) is 4.79 Å². The van der Waals surface area contributed by atoms with Crippen LogP contribution < -0.4 is 9.64 Å². The minimum atomic E-state index is -0.484. The molecule has 1 aromatic heterocycles. The quantitative estimate of drug-likeness (QED) is 0.797. The number of hydrogen-bond donors (Lipinski definition) is 0. The Bertz CT molecular complexity index is 640. The van der Waals surface area contributed by atoms with Crippen molar-refractivity contribution in [2.24, 2.45) is 0 Å². The van der Waals surface area contributed by atoms with E-state index in [0.29, 0.717) is 18.8 Å². The van der Waals surface area contributed by atoms with E-state index in [4.69, 9.17) is 4.74 Å². The third kappa shape index (κ3) is 4.03. The largest absolute Gasteiger partial charge is 0.481 e. The fraction of sp³-hybridized carbons (Fsp3) is 0.375. The van der Waals surface area contributed by atoms with Gasteiger partial charge in [0.25, 0.3) is 5.91 Å². The van der Waals surface area contributed by atoms with E-state index in [1.54, 1.807) is 18.3 Å². The van der Waals surface area contributed by atoms with Crippen LogP contribution in [-0.4, -0.2) is 48.1 Å². The van der Waals surface area contributed by atoms with E-state index in [0.717, 1.165) is 22.7 Å². The molecule has 2 aromatic rings. The Morgan fingerprint density at radius 2 is 1.96 bits per heavy atom. The number of anilines is 1. The Kier molecular flexibility index (Phi) is 5.17. The number of nitrogens with zero attached hydrogens (tertiary/aromatic N) is 3. The molecule has 2 heterocycles. The van der Waals surface area contributed by atoms with E-state index in [1.165, 1.54) is 0 Å². The summed E-state index contributed by atoms with van der Waals surface area (Å²) in [7, 11) is 0. The standard InChI is InChI=1S/C16H18BrN3O2S/c1-12(22-14-4-2-13(17)3-5-14)15(21)19-7-9-20(10-8-19)16-18-6-11-23-16/h2-6,11-12H,7-10H2,1H3. The van der Waals surface area contributed by atoms with Gasteiger partial charge < -0.3 is 14.5 Å².